The maximum atomic E-state index is 14.6. The van der Waals surface area contributed by atoms with Crippen LogP contribution in [-0.4, -0.2) is 47.5 Å². The van der Waals surface area contributed by atoms with Gasteiger partial charge in [0.25, 0.3) is 5.60 Å². The van der Waals surface area contributed by atoms with E-state index in [0.29, 0.717) is 15.4 Å². The number of ether oxygens (including phenoxy) is 1. The van der Waals surface area contributed by atoms with Gasteiger partial charge in [-0.1, -0.05) is 6.07 Å². The fraction of sp³-hybridized carbons (Fsp3) is 0.583. The second kappa shape index (κ2) is 9.71. The Balaban J connectivity index is 2.11. The summed E-state index contributed by atoms with van der Waals surface area (Å²) in [7, 11) is 0. The van der Waals surface area contributed by atoms with Gasteiger partial charge in [0, 0.05) is 29.6 Å². The van der Waals surface area contributed by atoms with Crippen molar-refractivity contribution in [1.82, 2.24) is 9.88 Å². The summed E-state index contributed by atoms with van der Waals surface area (Å²) >= 11 is 1.07. The van der Waals surface area contributed by atoms with Crippen LogP contribution in [0.4, 0.5) is 26.3 Å². The SMILES string of the molecule is CCOC(C(F)(F)F)(C(F)(F)F)[C@]1(CCc2ccc(C#N)s2)CCN(C(C)(C)c2ccccn2)C1. The van der Waals surface area contributed by atoms with E-state index >= 15 is 0 Å². The highest BCUT2D eigenvalue weighted by Crippen LogP contribution is 2.61. The van der Waals surface area contributed by atoms with E-state index in [0.717, 1.165) is 18.3 Å². The molecule has 11 heteroatoms. The lowest BCUT2D eigenvalue weighted by atomic mass is 9.66. The van der Waals surface area contributed by atoms with Gasteiger partial charge in [-0.2, -0.15) is 31.6 Å². The zero-order chi connectivity index (χ0) is 26.1. The first-order chi connectivity index (χ1) is 16.2. The number of aromatic nitrogens is 1. The molecule has 1 saturated heterocycles. The Morgan fingerprint density at radius 1 is 1.11 bits per heavy atom. The van der Waals surface area contributed by atoms with E-state index < -0.39 is 48.5 Å². The van der Waals surface area contributed by atoms with Crippen molar-refractivity contribution in [2.75, 3.05) is 19.7 Å². The van der Waals surface area contributed by atoms with Crippen molar-refractivity contribution in [1.29, 1.82) is 5.26 Å². The summed E-state index contributed by atoms with van der Waals surface area (Å²) in [5.74, 6) is 0. The third kappa shape index (κ3) is 4.80. The number of thiophene rings is 1. The molecule has 0 spiro atoms. The second-order valence-electron chi connectivity index (χ2n) is 9.21. The summed E-state index contributed by atoms with van der Waals surface area (Å²) in [6.07, 6.45) is -10.7. The molecule has 0 unspecified atom stereocenters. The van der Waals surface area contributed by atoms with Crippen LogP contribution < -0.4 is 0 Å². The summed E-state index contributed by atoms with van der Waals surface area (Å²) in [5, 5.41) is 9.06. The Morgan fingerprint density at radius 3 is 2.31 bits per heavy atom. The maximum Gasteiger partial charge on any atom is 0.427 e. The van der Waals surface area contributed by atoms with Crippen molar-refractivity contribution in [2.45, 2.75) is 63.5 Å². The van der Waals surface area contributed by atoms with Crippen LogP contribution in [0.15, 0.2) is 36.5 Å². The fourth-order valence-electron chi connectivity index (χ4n) is 5.13. The lowest BCUT2D eigenvalue weighted by Gasteiger charge is -2.50. The number of halogens is 6. The van der Waals surface area contributed by atoms with Crippen LogP contribution in [0.25, 0.3) is 0 Å². The summed E-state index contributed by atoms with van der Waals surface area (Å²) in [6, 6.07) is 10.2. The van der Waals surface area contributed by atoms with Gasteiger partial charge in [0.1, 0.15) is 10.9 Å². The Kier molecular flexibility index (Phi) is 7.61. The first kappa shape index (κ1) is 27.4. The topological polar surface area (TPSA) is 49.1 Å². The van der Waals surface area contributed by atoms with Gasteiger partial charge in [0.05, 0.1) is 11.2 Å². The number of nitrogens with zero attached hydrogens (tertiary/aromatic N) is 3. The zero-order valence-electron chi connectivity index (χ0n) is 19.6. The lowest BCUT2D eigenvalue weighted by molar-refractivity contribution is -0.415. The molecule has 1 aliphatic heterocycles. The predicted molar refractivity (Wildman–Crippen MR) is 120 cm³/mol. The number of hydrogen-bond donors (Lipinski definition) is 0. The van der Waals surface area contributed by atoms with E-state index in [-0.39, 0.29) is 19.4 Å². The first-order valence-electron chi connectivity index (χ1n) is 11.2. The largest absolute Gasteiger partial charge is 0.427 e. The van der Waals surface area contributed by atoms with Gasteiger partial charge in [-0.15, -0.1) is 11.3 Å². The first-order valence-corrected chi connectivity index (χ1v) is 12.0. The zero-order valence-corrected chi connectivity index (χ0v) is 20.4. The Hall–Kier alpha value is -2.16. The summed E-state index contributed by atoms with van der Waals surface area (Å²) in [6.45, 7) is 3.41. The van der Waals surface area contributed by atoms with Crippen LogP contribution in [0.5, 0.6) is 0 Å². The second-order valence-corrected chi connectivity index (χ2v) is 10.4. The minimum atomic E-state index is -5.69. The van der Waals surface area contributed by atoms with Gasteiger partial charge in [-0.05, 0) is 70.8 Å². The number of rotatable bonds is 8. The van der Waals surface area contributed by atoms with E-state index in [1.807, 2.05) is 6.07 Å². The summed E-state index contributed by atoms with van der Waals surface area (Å²) in [5.41, 5.74) is -7.00. The number of nitriles is 1. The molecule has 4 nitrogen and oxygen atoms in total. The molecule has 3 heterocycles. The Morgan fingerprint density at radius 2 is 1.80 bits per heavy atom. The van der Waals surface area contributed by atoms with Gasteiger partial charge >= 0.3 is 12.4 Å². The van der Waals surface area contributed by atoms with Gasteiger partial charge in [0.2, 0.25) is 0 Å². The number of hydrogen-bond acceptors (Lipinski definition) is 5. The highest BCUT2D eigenvalue weighted by atomic mass is 32.1. The molecule has 0 aliphatic carbocycles. The Labute approximate surface area is 204 Å². The molecule has 1 atom stereocenters. The molecular weight excluding hydrogens is 492 g/mol. The molecule has 0 radical (unpaired) electrons. The molecule has 0 N–H and O–H groups in total. The summed E-state index contributed by atoms with van der Waals surface area (Å²) < 4.78 is 92.2. The molecule has 1 aliphatic rings. The third-order valence-electron chi connectivity index (χ3n) is 6.96. The van der Waals surface area contributed by atoms with Crippen molar-refractivity contribution < 1.29 is 31.1 Å². The van der Waals surface area contributed by atoms with Gasteiger partial charge in [0.15, 0.2) is 0 Å². The summed E-state index contributed by atoms with van der Waals surface area (Å²) in [4.78, 5) is 6.83. The van der Waals surface area contributed by atoms with Gasteiger partial charge in [-0.25, -0.2) is 0 Å². The molecule has 2 aromatic rings. The van der Waals surface area contributed by atoms with Crippen molar-refractivity contribution >= 4 is 11.3 Å². The number of pyridine rings is 1. The molecule has 0 saturated carbocycles. The molecule has 0 aromatic carbocycles. The smallest absolute Gasteiger partial charge is 0.358 e. The third-order valence-corrected chi connectivity index (χ3v) is 8.01. The highest BCUT2D eigenvalue weighted by Gasteiger charge is 2.81. The minimum Gasteiger partial charge on any atom is -0.358 e. The molecule has 1 fully saturated rings. The molecule has 192 valence electrons. The average molecular weight is 520 g/mol. The van der Waals surface area contributed by atoms with E-state index in [1.165, 1.54) is 6.07 Å². The van der Waals surface area contributed by atoms with Crippen LogP contribution in [0.2, 0.25) is 0 Å². The van der Waals surface area contributed by atoms with Crippen LogP contribution in [0, 0.1) is 16.7 Å². The van der Waals surface area contributed by atoms with E-state index in [1.54, 1.807) is 49.2 Å². The number of alkyl halides is 6. The Bertz CT molecular complexity index is 1030. The average Bonchev–Trinajstić information content (AvgIpc) is 3.43. The van der Waals surface area contributed by atoms with Crippen molar-refractivity contribution in [3.8, 4) is 6.07 Å². The number of aryl methyl sites for hydroxylation is 1. The fourth-order valence-corrected chi connectivity index (χ4v) is 5.94. The van der Waals surface area contributed by atoms with Crippen molar-refractivity contribution in [3.63, 3.8) is 0 Å². The molecular formula is C24H27F6N3OS. The highest BCUT2D eigenvalue weighted by molar-refractivity contribution is 7.12. The van der Waals surface area contributed by atoms with Crippen LogP contribution in [0.1, 0.15) is 49.1 Å². The minimum absolute atomic E-state index is 0.0123. The molecule has 2 aromatic heterocycles. The maximum absolute atomic E-state index is 14.6. The lowest BCUT2D eigenvalue weighted by Crippen LogP contribution is -2.69. The van der Waals surface area contributed by atoms with Crippen LogP contribution in [-0.2, 0) is 16.7 Å². The van der Waals surface area contributed by atoms with Crippen molar-refractivity contribution in [3.05, 3.63) is 52.0 Å². The normalized spacial score (nSPS) is 20.2. The van der Waals surface area contributed by atoms with Crippen LogP contribution >= 0.6 is 11.3 Å². The molecule has 3 rings (SSSR count). The van der Waals surface area contributed by atoms with Gasteiger partial charge in [-0.3, -0.25) is 9.88 Å². The van der Waals surface area contributed by atoms with Crippen molar-refractivity contribution in [2.24, 2.45) is 5.41 Å². The standard InChI is InChI=1S/C24H27F6N3OS/c1-4-34-22(23(25,26)27,24(28,29)30)21(11-10-17-8-9-18(15-31)35-17)12-14-33(16-21)20(2,3)19-7-5-6-13-32-19/h5-9,13H,4,10-12,14,16H2,1-3H3/t21-/m1/s1. The van der Waals surface area contributed by atoms with E-state index in [4.69, 9.17) is 10.00 Å². The van der Waals surface area contributed by atoms with Gasteiger partial charge < -0.3 is 4.74 Å². The number of likely N-dealkylation sites (tertiary alicyclic amines) is 1. The predicted octanol–water partition coefficient (Wildman–Crippen LogP) is 6.47. The monoisotopic (exact) mass is 519 g/mol. The molecule has 0 bridgehead atoms. The van der Waals surface area contributed by atoms with E-state index in [9.17, 15) is 26.3 Å². The molecule has 0 amide bonds. The quantitative estimate of drug-likeness (QED) is 0.375. The molecule has 35 heavy (non-hydrogen) atoms. The van der Waals surface area contributed by atoms with Crippen LogP contribution in [0.3, 0.4) is 0 Å². The van der Waals surface area contributed by atoms with E-state index in [2.05, 4.69) is 4.98 Å².